The summed E-state index contributed by atoms with van der Waals surface area (Å²) in [4.78, 5) is -0.134. The molecule has 0 amide bonds. The highest BCUT2D eigenvalue weighted by Crippen LogP contribution is 2.37. The highest BCUT2D eigenvalue weighted by atomic mass is 32.2. The van der Waals surface area contributed by atoms with Crippen LogP contribution in [0.25, 0.3) is 0 Å². The highest BCUT2D eigenvalue weighted by Gasteiger charge is 2.44. The molecule has 2 atom stereocenters. The second-order valence-electron chi connectivity index (χ2n) is 4.13. The molecule has 76 valence electrons. The van der Waals surface area contributed by atoms with E-state index >= 15 is 0 Å². The van der Waals surface area contributed by atoms with Crippen LogP contribution in [0.4, 0.5) is 0 Å². The smallest absolute Gasteiger partial charge is 0.153 e. The van der Waals surface area contributed by atoms with Gasteiger partial charge in [-0.3, -0.25) is 0 Å². The molecule has 0 radical (unpaired) electrons. The molecule has 3 nitrogen and oxygen atoms in total. The molecule has 0 aliphatic carbocycles. The lowest BCUT2D eigenvalue weighted by Crippen LogP contribution is -2.49. The summed E-state index contributed by atoms with van der Waals surface area (Å²) >= 11 is 1.79. The first-order valence-electron chi connectivity index (χ1n) is 4.61. The molecule has 0 bridgehead atoms. The van der Waals surface area contributed by atoms with Gasteiger partial charge in [-0.1, -0.05) is 6.92 Å². The Morgan fingerprint density at radius 1 is 1.54 bits per heavy atom. The summed E-state index contributed by atoms with van der Waals surface area (Å²) < 4.78 is 22.7. The van der Waals surface area contributed by atoms with Crippen molar-refractivity contribution in [1.82, 2.24) is 5.32 Å². The molecule has 2 heterocycles. The molecule has 0 aromatic heterocycles. The van der Waals surface area contributed by atoms with Crippen molar-refractivity contribution in [3.63, 3.8) is 0 Å². The Morgan fingerprint density at radius 2 is 2.31 bits per heavy atom. The van der Waals surface area contributed by atoms with Gasteiger partial charge in [-0.2, -0.15) is 0 Å². The summed E-state index contributed by atoms with van der Waals surface area (Å²) in [5, 5.41) is 3.38. The molecule has 2 fully saturated rings. The van der Waals surface area contributed by atoms with Crippen molar-refractivity contribution >= 4 is 21.6 Å². The molecule has 0 aromatic carbocycles. The Hall–Kier alpha value is 0.260. The zero-order valence-electron chi connectivity index (χ0n) is 7.75. The minimum atomic E-state index is -2.76. The Morgan fingerprint density at radius 3 is 2.77 bits per heavy atom. The molecule has 2 aliphatic heterocycles. The van der Waals surface area contributed by atoms with E-state index in [0.29, 0.717) is 17.4 Å². The van der Waals surface area contributed by atoms with Crippen LogP contribution in [0, 0.1) is 5.92 Å². The lowest BCUT2D eigenvalue weighted by Gasteiger charge is -2.35. The van der Waals surface area contributed by atoms with Gasteiger partial charge in [0.2, 0.25) is 0 Å². The molecule has 2 saturated heterocycles. The summed E-state index contributed by atoms with van der Waals surface area (Å²) in [6.45, 7) is 3.15. The van der Waals surface area contributed by atoms with Gasteiger partial charge in [0.15, 0.2) is 9.84 Å². The monoisotopic (exact) mass is 221 g/mol. The summed E-state index contributed by atoms with van der Waals surface area (Å²) in [7, 11) is -2.76. The highest BCUT2D eigenvalue weighted by molar-refractivity contribution is 8.02. The van der Waals surface area contributed by atoms with E-state index in [1.165, 1.54) is 0 Å². The molecule has 2 rings (SSSR count). The normalized spacial score (nSPS) is 43.9. The van der Waals surface area contributed by atoms with Crippen molar-refractivity contribution < 1.29 is 8.42 Å². The quantitative estimate of drug-likeness (QED) is 0.646. The van der Waals surface area contributed by atoms with Gasteiger partial charge in [0.1, 0.15) is 0 Å². The molecule has 13 heavy (non-hydrogen) atoms. The van der Waals surface area contributed by atoms with E-state index in [1.54, 1.807) is 11.8 Å². The number of hydrogen-bond donors (Lipinski definition) is 1. The third kappa shape index (κ3) is 2.02. The Bertz CT molecular complexity index is 291. The third-order valence-electron chi connectivity index (χ3n) is 2.69. The van der Waals surface area contributed by atoms with E-state index < -0.39 is 9.84 Å². The molecule has 0 saturated carbocycles. The standard InChI is InChI=1S/C8H15NO2S2/c1-7-4-9-8(12-5-7)2-3-13(10,11)6-8/h7,9H,2-6H2,1H3. The lowest BCUT2D eigenvalue weighted by atomic mass is 10.1. The maximum absolute atomic E-state index is 11.3. The van der Waals surface area contributed by atoms with Gasteiger partial charge in [-0.15, -0.1) is 11.8 Å². The van der Waals surface area contributed by atoms with Gasteiger partial charge in [0.25, 0.3) is 0 Å². The lowest BCUT2D eigenvalue weighted by molar-refractivity contribution is 0.438. The predicted octanol–water partition coefficient (Wildman–Crippen LogP) is 0.474. The Kier molecular flexibility index (Phi) is 2.37. The van der Waals surface area contributed by atoms with Gasteiger partial charge < -0.3 is 5.32 Å². The molecule has 2 unspecified atom stereocenters. The maximum atomic E-state index is 11.3. The van der Waals surface area contributed by atoms with Gasteiger partial charge in [0, 0.05) is 0 Å². The van der Waals surface area contributed by atoms with Gasteiger partial charge in [-0.05, 0) is 24.6 Å². The molecule has 1 N–H and O–H groups in total. The van der Waals surface area contributed by atoms with E-state index in [-0.39, 0.29) is 4.87 Å². The van der Waals surface area contributed by atoms with Crippen LogP contribution >= 0.6 is 11.8 Å². The van der Waals surface area contributed by atoms with E-state index in [2.05, 4.69) is 12.2 Å². The summed E-state index contributed by atoms with van der Waals surface area (Å²) in [6.07, 6.45) is 0.784. The average Bonchev–Trinajstić information content (AvgIpc) is 2.35. The first-order valence-corrected chi connectivity index (χ1v) is 7.41. The van der Waals surface area contributed by atoms with Crippen LogP contribution in [0.3, 0.4) is 0 Å². The zero-order chi connectivity index (χ0) is 9.53. The predicted molar refractivity (Wildman–Crippen MR) is 55.6 cm³/mol. The maximum Gasteiger partial charge on any atom is 0.153 e. The van der Waals surface area contributed by atoms with Crippen molar-refractivity contribution in [1.29, 1.82) is 0 Å². The number of nitrogens with one attached hydrogen (secondary N) is 1. The molecule has 5 heteroatoms. The van der Waals surface area contributed by atoms with E-state index in [9.17, 15) is 8.42 Å². The Labute approximate surface area is 83.6 Å². The van der Waals surface area contributed by atoms with E-state index in [4.69, 9.17) is 0 Å². The first kappa shape index (κ1) is 9.80. The molecular weight excluding hydrogens is 206 g/mol. The fraction of sp³-hybridized carbons (Fsp3) is 1.00. The van der Waals surface area contributed by atoms with Crippen molar-refractivity contribution in [2.75, 3.05) is 23.8 Å². The van der Waals surface area contributed by atoms with Crippen LogP contribution in [0.2, 0.25) is 0 Å². The molecular formula is C8H15NO2S2. The summed E-state index contributed by atoms with van der Waals surface area (Å²) in [5.41, 5.74) is 0. The van der Waals surface area contributed by atoms with Gasteiger partial charge >= 0.3 is 0 Å². The fourth-order valence-electron chi connectivity index (χ4n) is 1.85. The fourth-order valence-corrected chi connectivity index (χ4v) is 5.76. The second kappa shape index (κ2) is 3.14. The van der Waals surface area contributed by atoms with Crippen LogP contribution in [0.1, 0.15) is 13.3 Å². The van der Waals surface area contributed by atoms with Crippen LogP contribution in [0.15, 0.2) is 0 Å². The Balaban J connectivity index is 2.08. The molecule has 1 spiro atoms. The minimum absolute atomic E-state index is 0.134. The summed E-state index contributed by atoms with van der Waals surface area (Å²) in [5.74, 6) is 2.44. The van der Waals surface area contributed by atoms with Crippen molar-refractivity contribution in [2.24, 2.45) is 5.92 Å². The van der Waals surface area contributed by atoms with E-state index in [1.807, 2.05) is 0 Å². The van der Waals surface area contributed by atoms with E-state index in [0.717, 1.165) is 18.7 Å². The minimum Gasteiger partial charge on any atom is -0.302 e. The number of thioether (sulfide) groups is 1. The zero-order valence-corrected chi connectivity index (χ0v) is 9.38. The number of hydrogen-bond acceptors (Lipinski definition) is 4. The molecule has 0 aromatic rings. The largest absolute Gasteiger partial charge is 0.302 e. The number of sulfone groups is 1. The summed E-state index contributed by atoms with van der Waals surface area (Å²) in [6, 6.07) is 0. The average molecular weight is 221 g/mol. The van der Waals surface area contributed by atoms with Crippen LogP contribution in [-0.4, -0.2) is 37.1 Å². The first-order chi connectivity index (χ1) is 6.02. The SMILES string of the molecule is CC1CNC2(CCS(=O)(=O)C2)SC1. The van der Waals surface area contributed by atoms with Crippen molar-refractivity contribution in [2.45, 2.75) is 18.2 Å². The van der Waals surface area contributed by atoms with Crippen molar-refractivity contribution in [3.8, 4) is 0 Å². The second-order valence-corrected chi connectivity index (χ2v) is 7.72. The number of rotatable bonds is 0. The van der Waals surface area contributed by atoms with Gasteiger partial charge in [-0.25, -0.2) is 8.42 Å². The van der Waals surface area contributed by atoms with Crippen LogP contribution in [-0.2, 0) is 9.84 Å². The topological polar surface area (TPSA) is 46.2 Å². The van der Waals surface area contributed by atoms with Crippen molar-refractivity contribution in [3.05, 3.63) is 0 Å². The third-order valence-corrected chi connectivity index (χ3v) is 6.41. The van der Waals surface area contributed by atoms with Gasteiger partial charge in [0.05, 0.1) is 16.4 Å². The molecule has 2 aliphatic rings. The van der Waals surface area contributed by atoms with Crippen LogP contribution < -0.4 is 5.32 Å². The van der Waals surface area contributed by atoms with Crippen LogP contribution in [0.5, 0.6) is 0 Å².